The van der Waals surface area contributed by atoms with Gasteiger partial charge in [0.25, 0.3) is 0 Å². The molecule has 1 fully saturated rings. The third-order valence-electron chi connectivity index (χ3n) is 4.35. The van der Waals surface area contributed by atoms with Crippen LogP contribution in [-0.2, 0) is 27.6 Å². The molecule has 0 aliphatic carbocycles. The molecule has 0 saturated carbocycles. The Morgan fingerprint density at radius 3 is 2.36 bits per heavy atom. The lowest BCUT2D eigenvalue weighted by atomic mass is 10.1. The van der Waals surface area contributed by atoms with Crippen LogP contribution >= 0.6 is 0 Å². The molecule has 1 heterocycles. The van der Waals surface area contributed by atoms with E-state index >= 15 is 0 Å². The molecule has 0 radical (unpaired) electrons. The van der Waals surface area contributed by atoms with E-state index in [9.17, 15) is 13.2 Å². The minimum atomic E-state index is -3.11. The van der Waals surface area contributed by atoms with Gasteiger partial charge >= 0.3 is 0 Å². The van der Waals surface area contributed by atoms with E-state index in [1.54, 1.807) is 11.8 Å². The Morgan fingerprint density at radius 1 is 1.23 bits per heavy atom. The van der Waals surface area contributed by atoms with Gasteiger partial charge in [0, 0.05) is 19.6 Å². The van der Waals surface area contributed by atoms with Gasteiger partial charge in [0.2, 0.25) is 5.91 Å². The van der Waals surface area contributed by atoms with Gasteiger partial charge in [0.1, 0.15) is 0 Å². The predicted octanol–water partition coefficient (Wildman–Crippen LogP) is 1.11. The second-order valence-electron chi connectivity index (χ2n) is 5.93. The topological polar surface area (TPSA) is 80.5 Å². The molecule has 22 heavy (non-hydrogen) atoms. The molecule has 0 aromatic heterocycles. The highest BCUT2D eigenvalue weighted by Gasteiger charge is 2.38. The maximum atomic E-state index is 12.4. The number of amides is 1. The van der Waals surface area contributed by atoms with E-state index in [1.165, 1.54) is 0 Å². The molecule has 1 saturated heterocycles. The van der Waals surface area contributed by atoms with Gasteiger partial charge in [-0.2, -0.15) is 0 Å². The number of carbonyl (C=O) groups is 1. The largest absolute Gasteiger partial charge is 0.340 e. The summed E-state index contributed by atoms with van der Waals surface area (Å²) in [6, 6.07) is 7.64. The van der Waals surface area contributed by atoms with Crippen molar-refractivity contribution < 1.29 is 13.2 Å². The zero-order valence-corrected chi connectivity index (χ0v) is 14.0. The number of nitrogens with zero attached hydrogens (tertiary/aromatic N) is 1. The first kappa shape index (κ1) is 17.0. The summed E-state index contributed by atoms with van der Waals surface area (Å²) in [4.78, 5) is 14.1. The Kier molecular flexibility index (Phi) is 5.24. The van der Waals surface area contributed by atoms with Crippen molar-refractivity contribution in [2.75, 3.05) is 13.1 Å². The first-order valence-corrected chi connectivity index (χ1v) is 9.27. The van der Waals surface area contributed by atoms with Gasteiger partial charge in [-0.1, -0.05) is 31.2 Å². The highest BCUT2D eigenvalue weighted by Crippen LogP contribution is 2.22. The number of rotatable bonds is 4. The van der Waals surface area contributed by atoms with E-state index in [4.69, 9.17) is 5.73 Å². The summed E-state index contributed by atoms with van der Waals surface area (Å²) in [7, 11) is -3.11. The van der Waals surface area contributed by atoms with E-state index in [2.05, 4.69) is 0 Å². The first-order chi connectivity index (χ1) is 10.4. The molecule has 1 amide bonds. The van der Waals surface area contributed by atoms with Crippen LogP contribution in [0.5, 0.6) is 0 Å². The predicted molar refractivity (Wildman–Crippen MR) is 87.1 cm³/mol. The lowest BCUT2D eigenvalue weighted by molar-refractivity contribution is -0.130. The van der Waals surface area contributed by atoms with Crippen molar-refractivity contribution in [3.8, 4) is 0 Å². The van der Waals surface area contributed by atoms with Crippen LogP contribution in [0.1, 0.15) is 31.4 Å². The van der Waals surface area contributed by atoms with Gasteiger partial charge in [-0.05, 0) is 24.5 Å². The van der Waals surface area contributed by atoms with Crippen molar-refractivity contribution in [3.05, 3.63) is 35.4 Å². The SMILES string of the molecule is CCC1CN(C(=O)Cc2ccc(CN)cc2)CC(C)S1(=O)=O. The fourth-order valence-corrected chi connectivity index (χ4v) is 4.71. The normalized spacial score (nSPS) is 24.2. The highest BCUT2D eigenvalue weighted by atomic mass is 32.2. The van der Waals surface area contributed by atoms with Gasteiger partial charge in [-0.15, -0.1) is 0 Å². The van der Waals surface area contributed by atoms with Gasteiger partial charge < -0.3 is 10.6 Å². The van der Waals surface area contributed by atoms with Crippen LogP contribution in [0.2, 0.25) is 0 Å². The highest BCUT2D eigenvalue weighted by molar-refractivity contribution is 7.92. The third kappa shape index (κ3) is 3.50. The molecule has 1 aliphatic heterocycles. The summed E-state index contributed by atoms with van der Waals surface area (Å²) in [6.45, 7) is 4.62. The van der Waals surface area contributed by atoms with Crippen LogP contribution in [0.4, 0.5) is 0 Å². The molecule has 0 spiro atoms. The molecule has 1 aromatic carbocycles. The zero-order valence-electron chi connectivity index (χ0n) is 13.2. The molecule has 6 heteroatoms. The molecule has 2 atom stereocenters. The van der Waals surface area contributed by atoms with Crippen molar-refractivity contribution in [1.82, 2.24) is 4.90 Å². The average Bonchev–Trinajstić information content (AvgIpc) is 2.50. The molecule has 2 unspecified atom stereocenters. The molecule has 122 valence electrons. The van der Waals surface area contributed by atoms with Gasteiger partial charge in [0.05, 0.1) is 16.9 Å². The van der Waals surface area contributed by atoms with Gasteiger partial charge in [0.15, 0.2) is 9.84 Å². The summed E-state index contributed by atoms with van der Waals surface area (Å²) >= 11 is 0. The smallest absolute Gasteiger partial charge is 0.227 e. The summed E-state index contributed by atoms with van der Waals surface area (Å²) in [5.74, 6) is -0.0132. The Balaban J connectivity index is 2.06. The van der Waals surface area contributed by atoms with Crippen LogP contribution in [0.15, 0.2) is 24.3 Å². The Bertz CT molecular complexity index is 625. The second-order valence-corrected chi connectivity index (χ2v) is 8.58. The van der Waals surface area contributed by atoms with Crippen molar-refractivity contribution in [2.45, 2.75) is 43.7 Å². The van der Waals surface area contributed by atoms with Crippen molar-refractivity contribution in [2.24, 2.45) is 5.73 Å². The molecular weight excluding hydrogens is 300 g/mol. The summed E-state index contributed by atoms with van der Waals surface area (Å²) in [5.41, 5.74) is 7.51. The number of benzene rings is 1. The minimum Gasteiger partial charge on any atom is -0.340 e. The Labute approximate surface area is 132 Å². The van der Waals surface area contributed by atoms with Gasteiger partial charge in [-0.3, -0.25) is 4.79 Å². The van der Waals surface area contributed by atoms with Crippen LogP contribution in [0, 0.1) is 0 Å². The maximum absolute atomic E-state index is 12.4. The lowest BCUT2D eigenvalue weighted by Crippen LogP contribution is -2.53. The molecule has 0 bridgehead atoms. The van der Waals surface area contributed by atoms with Crippen LogP contribution < -0.4 is 5.73 Å². The van der Waals surface area contributed by atoms with Crippen LogP contribution in [0.3, 0.4) is 0 Å². The summed E-state index contributed by atoms with van der Waals surface area (Å²) < 4.78 is 24.4. The number of hydrogen-bond donors (Lipinski definition) is 1. The number of hydrogen-bond acceptors (Lipinski definition) is 4. The first-order valence-electron chi connectivity index (χ1n) is 7.66. The van der Waals surface area contributed by atoms with Crippen LogP contribution in [-0.4, -0.2) is 42.8 Å². The number of sulfone groups is 1. The van der Waals surface area contributed by atoms with Gasteiger partial charge in [-0.25, -0.2) is 8.42 Å². The molecular formula is C16H24N2O3S. The maximum Gasteiger partial charge on any atom is 0.227 e. The lowest BCUT2D eigenvalue weighted by Gasteiger charge is -2.36. The molecule has 2 N–H and O–H groups in total. The van der Waals surface area contributed by atoms with E-state index in [-0.39, 0.29) is 5.91 Å². The fraction of sp³-hybridized carbons (Fsp3) is 0.562. The number of carbonyl (C=O) groups excluding carboxylic acids is 1. The molecule has 1 aliphatic rings. The fourth-order valence-electron chi connectivity index (χ4n) is 2.81. The quantitative estimate of drug-likeness (QED) is 0.900. The zero-order chi connectivity index (χ0) is 16.3. The average molecular weight is 324 g/mol. The monoisotopic (exact) mass is 324 g/mol. The van der Waals surface area contributed by atoms with Crippen molar-refractivity contribution in [3.63, 3.8) is 0 Å². The van der Waals surface area contributed by atoms with E-state index in [0.29, 0.717) is 32.5 Å². The second kappa shape index (κ2) is 6.79. The van der Waals surface area contributed by atoms with E-state index in [0.717, 1.165) is 11.1 Å². The molecule has 2 rings (SSSR count). The summed E-state index contributed by atoms with van der Waals surface area (Å²) in [5, 5.41) is -0.936. The molecule has 5 nitrogen and oxygen atoms in total. The van der Waals surface area contributed by atoms with Crippen molar-refractivity contribution in [1.29, 1.82) is 0 Å². The molecule has 1 aromatic rings. The Hall–Kier alpha value is -1.40. The standard InChI is InChI=1S/C16H24N2O3S/c1-3-15-11-18(10-12(2)22(15,20)21)16(19)8-13-4-6-14(9-17)7-5-13/h4-7,12,15H,3,8-11,17H2,1-2H3. The summed E-state index contributed by atoms with van der Waals surface area (Å²) in [6.07, 6.45) is 0.843. The third-order valence-corrected chi connectivity index (χ3v) is 7.03. The van der Waals surface area contributed by atoms with E-state index < -0.39 is 20.3 Å². The minimum absolute atomic E-state index is 0.0132. The number of nitrogens with two attached hydrogens (primary N) is 1. The van der Waals surface area contributed by atoms with Crippen molar-refractivity contribution >= 4 is 15.7 Å². The Morgan fingerprint density at radius 2 is 1.82 bits per heavy atom. The van der Waals surface area contributed by atoms with E-state index in [1.807, 2.05) is 31.2 Å². The van der Waals surface area contributed by atoms with Crippen LogP contribution in [0.25, 0.3) is 0 Å².